The van der Waals surface area contributed by atoms with Gasteiger partial charge in [0.1, 0.15) is 0 Å². The zero-order valence-corrected chi connectivity index (χ0v) is 15.7. The van der Waals surface area contributed by atoms with E-state index in [0.717, 1.165) is 36.1 Å². The predicted octanol–water partition coefficient (Wildman–Crippen LogP) is 5.77. The van der Waals surface area contributed by atoms with Crippen LogP contribution in [0.4, 0.5) is 0 Å². The lowest BCUT2D eigenvalue weighted by molar-refractivity contribution is -0.111. The summed E-state index contributed by atoms with van der Waals surface area (Å²) in [5.41, 5.74) is 7.18. The Morgan fingerprint density at radius 1 is 0.826 bits per heavy atom. The van der Waals surface area contributed by atoms with Gasteiger partial charge in [-0.15, -0.1) is 0 Å². The van der Waals surface area contributed by atoms with Crippen molar-refractivity contribution < 1.29 is 0 Å². The molecule has 0 heterocycles. The molecule has 0 aromatic heterocycles. The molecule has 4 fully saturated rings. The smallest absolute Gasteiger partial charge is 0.00772 e. The van der Waals surface area contributed by atoms with Gasteiger partial charge < -0.3 is 5.73 Å². The van der Waals surface area contributed by atoms with Crippen LogP contribution in [-0.4, -0.2) is 6.54 Å². The summed E-state index contributed by atoms with van der Waals surface area (Å²) in [6.45, 7) is 6.28. The van der Waals surface area contributed by atoms with Gasteiger partial charge in [0.05, 0.1) is 0 Å². The van der Waals surface area contributed by atoms with E-state index >= 15 is 0 Å². The maximum absolute atomic E-state index is 5.81. The second kappa shape index (κ2) is 6.04. The molecule has 0 amide bonds. The van der Waals surface area contributed by atoms with E-state index in [0.29, 0.717) is 10.8 Å². The van der Waals surface area contributed by atoms with Crippen LogP contribution in [0.3, 0.4) is 0 Å². The lowest BCUT2D eigenvalue weighted by Crippen LogP contribution is -2.52. The molecule has 0 spiro atoms. The summed E-state index contributed by atoms with van der Waals surface area (Å²) in [5.74, 6) is 5.22. The van der Waals surface area contributed by atoms with Crippen LogP contribution in [0.5, 0.6) is 0 Å². The summed E-state index contributed by atoms with van der Waals surface area (Å²) in [5, 5.41) is 0. The van der Waals surface area contributed by atoms with E-state index in [4.69, 9.17) is 5.73 Å². The van der Waals surface area contributed by atoms with Gasteiger partial charge >= 0.3 is 0 Å². The normalized spacial score (nSPS) is 52.6. The molecule has 0 aromatic rings. The van der Waals surface area contributed by atoms with E-state index in [-0.39, 0.29) is 0 Å². The van der Waals surface area contributed by atoms with Gasteiger partial charge in [-0.2, -0.15) is 0 Å². The number of hydrogen-bond donors (Lipinski definition) is 1. The van der Waals surface area contributed by atoms with Crippen LogP contribution in [0.25, 0.3) is 0 Å². The highest BCUT2D eigenvalue weighted by Crippen LogP contribution is 2.67. The first-order valence-corrected chi connectivity index (χ1v) is 10.8. The lowest BCUT2D eigenvalue weighted by Gasteiger charge is -2.60. The molecule has 0 bridgehead atoms. The van der Waals surface area contributed by atoms with Gasteiger partial charge in [-0.25, -0.2) is 0 Å². The van der Waals surface area contributed by atoms with Crippen LogP contribution >= 0.6 is 0 Å². The molecule has 4 aliphatic carbocycles. The Labute approximate surface area is 144 Å². The minimum absolute atomic E-state index is 0.661. The average Bonchev–Trinajstić information content (AvgIpc) is 2.89. The molecule has 4 aliphatic rings. The Balaban J connectivity index is 1.55. The van der Waals surface area contributed by atoms with Gasteiger partial charge in [0, 0.05) is 0 Å². The second-order valence-electron chi connectivity index (χ2n) is 10.2. The Bertz CT molecular complexity index is 432. The molecule has 4 saturated carbocycles. The monoisotopic (exact) mass is 317 g/mol. The van der Waals surface area contributed by atoms with E-state index < -0.39 is 0 Å². The molecule has 0 aromatic carbocycles. The fraction of sp³-hybridized carbons (Fsp3) is 1.00. The van der Waals surface area contributed by atoms with Gasteiger partial charge in [0.25, 0.3) is 0 Å². The molecule has 0 saturated heterocycles. The standard InChI is InChI=1S/C22H39N/c1-21-13-4-3-6-16(21)8-10-18-19-11-9-17(7-5-15-23)22(19,2)14-12-20(18)21/h16-20H,3-15,23H2,1-2H3/t16-,17?,18-,19?,20?,21-,22+/m0/s1. The fourth-order valence-electron chi connectivity index (χ4n) is 8.24. The Morgan fingerprint density at radius 3 is 2.48 bits per heavy atom. The maximum atomic E-state index is 5.81. The second-order valence-corrected chi connectivity index (χ2v) is 10.2. The van der Waals surface area contributed by atoms with Gasteiger partial charge in [-0.05, 0) is 111 Å². The minimum atomic E-state index is 0.661. The van der Waals surface area contributed by atoms with Gasteiger partial charge in [0.15, 0.2) is 0 Å². The third-order valence-electron chi connectivity index (χ3n) is 9.54. The van der Waals surface area contributed by atoms with E-state index in [2.05, 4.69) is 13.8 Å². The highest BCUT2D eigenvalue weighted by atomic mass is 14.6. The zero-order valence-electron chi connectivity index (χ0n) is 15.7. The first kappa shape index (κ1) is 16.4. The van der Waals surface area contributed by atoms with Crippen molar-refractivity contribution in [3.63, 3.8) is 0 Å². The van der Waals surface area contributed by atoms with E-state index in [1.807, 2.05) is 0 Å². The van der Waals surface area contributed by atoms with Crippen molar-refractivity contribution >= 4 is 0 Å². The number of rotatable bonds is 3. The molecule has 3 unspecified atom stereocenters. The van der Waals surface area contributed by atoms with E-state index in [1.165, 1.54) is 44.9 Å². The number of nitrogens with two attached hydrogens (primary N) is 1. The van der Waals surface area contributed by atoms with Crippen molar-refractivity contribution in [2.75, 3.05) is 6.54 Å². The van der Waals surface area contributed by atoms with Crippen LogP contribution in [0, 0.1) is 40.4 Å². The molecule has 1 nitrogen and oxygen atoms in total. The van der Waals surface area contributed by atoms with Gasteiger partial charge in [-0.3, -0.25) is 0 Å². The molecule has 0 aliphatic heterocycles. The Morgan fingerprint density at radius 2 is 1.65 bits per heavy atom. The third kappa shape index (κ3) is 2.43. The first-order chi connectivity index (χ1) is 11.1. The van der Waals surface area contributed by atoms with E-state index in [1.54, 1.807) is 32.1 Å². The molecule has 132 valence electrons. The van der Waals surface area contributed by atoms with Crippen LogP contribution in [0.2, 0.25) is 0 Å². The molecule has 2 N–H and O–H groups in total. The summed E-state index contributed by atoms with van der Waals surface area (Å²) in [6, 6.07) is 0. The summed E-state index contributed by atoms with van der Waals surface area (Å²) in [6.07, 6.45) is 18.0. The van der Waals surface area contributed by atoms with Crippen molar-refractivity contribution in [3.8, 4) is 0 Å². The minimum Gasteiger partial charge on any atom is -0.330 e. The lowest BCUT2D eigenvalue weighted by atomic mass is 9.45. The largest absolute Gasteiger partial charge is 0.330 e. The van der Waals surface area contributed by atoms with Crippen molar-refractivity contribution in [2.45, 2.75) is 90.9 Å². The van der Waals surface area contributed by atoms with Crippen LogP contribution < -0.4 is 5.73 Å². The van der Waals surface area contributed by atoms with Crippen LogP contribution in [0.1, 0.15) is 90.9 Å². The highest BCUT2D eigenvalue weighted by Gasteiger charge is 2.59. The molecule has 0 radical (unpaired) electrons. The molecule has 23 heavy (non-hydrogen) atoms. The fourth-order valence-corrected chi connectivity index (χ4v) is 8.24. The maximum Gasteiger partial charge on any atom is -0.00772 e. The molecule has 4 rings (SSSR count). The van der Waals surface area contributed by atoms with Crippen molar-refractivity contribution in [3.05, 3.63) is 0 Å². The molecule has 7 atom stereocenters. The highest BCUT2D eigenvalue weighted by molar-refractivity contribution is 5.08. The molecular weight excluding hydrogens is 278 g/mol. The van der Waals surface area contributed by atoms with Crippen molar-refractivity contribution in [1.29, 1.82) is 0 Å². The third-order valence-corrected chi connectivity index (χ3v) is 9.54. The molecular formula is C22H39N. The quantitative estimate of drug-likeness (QED) is 0.702. The SMILES string of the molecule is C[C@]12CCC3[C@@H](CC[C@@H]4CCCC[C@]34C)C1CCC2CCCN. The number of hydrogen-bond acceptors (Lipinski definition) is 1. The van der Waals surface area contributed by atoms with E-state index in [9.17, 15) is 0 Å². The van der Waals surface area contributed by atoms with Crippen molar-refractivity contribution in [2.24, 2.45) is 46.2 Å². The van der Waals surface area contributed by atoms with Gasteiger partial charge in [-0.1, -0.05) is 26.7 Å². The summed E-state index contributed by atoms with van der Waals surface area (Å²) in [4.78, 5) is 0. The van der Waals surface area contributed by atoms with Crippen molar-refractivity contribution in [1.82, 2.24) is 0 Å². The predicted molar refractivity (Wildman–Crippen MR) is 98.1 cm³/mol. The Hall–Kier alpha value is -0.0400. The van der Waals surface area contributed by atoms with Crippen LogP contribution in [-0.2, 0) is 0 Å². The first-order valence-electron chi connectivity index (χ1n) is 10.8. The number of fused-ring (bicyclic) bond motifs is 5. The Kier molecular flexibility index (Phi) is 4.32. The molecule has 1 heteroatoms. The zero-order chi connectivity index (χ0) is 16.1. The summed E-state index contributed by atoms with van der Waals surface area (Å²) in [7, 11) is 0. The summed E-state index contributed by atoms with van der Waals surface area (Å²) >= 11 is 0. The van der Waals surface area contributed by atoms with Crippen LogP contribution in [0.15, 0.2) is 0 Å². The van der Waals surface area contributed by atoms with Gasteiger partial charge in [0.2, 0.25) is 0 Å². The summed E-state index contributed by atoms with van der Waals surface area (Å²) < 4.78 is 0. The average molecular weight is 318 g/mol. The topological polar surface area (TPSA) is 26.0 Å².